The van der Waals surface area contributed by atoms with Crippen LogP contribution in [0.5, 0.6) is 0 Å². The lowest BCUT2D eigenvalue weighted by molar-refractivity contribution is -0.155. The van der Waals surface area contributed by atoms with Gasteiger partial charge in [-0.1, -0.05) is 42.8 Å². The largest absolute Gasteiger partial charge is 0.465 e. The molecule has 1 spiro atoms. The fourth-order valence-electron chi connectivity index (χ4n) is 6.60. The number of allylic oxidation sites excluding steroid dienone is 1. The smallest absolute Gasteiger partial charge is 0.310 e. The van der Waals surface area contributed by atoms with E-state index in [1.54, 1.807) is 41.8 Å². The van der Waals surface area contributed by atoms with Gasteiger partial charge in [-0.15, -0.1) is 24.9 Å². The maximum absolute atomic E-state index is 14.6. The van der Waals surface area contributed by atoms with Crippen LogP contribution in [0.15, 0.2) is 43.5 Å². The van der Waals surface area contributed by atoms with Crippen molar-refractivity contribution in [3.05, 3.63) is 54.1 Å². The van der Waals surface area contributed by atoms with E-state index in [0.717, 1.165) is 12.0 Å². The van der Waals surface area contributed by atoms with Gasteiger partial charge in [0.05, 0.1) is 46.5 Å². The summed E-state index contributed by atoms with van der Waals surface area (Å²) in [5.41, 5.74) is 1.40. The van der Waals surface area contributed by atoms with Crippen molar-refractivity contribution in [2.24, 2.45) is 17.8 Å². The topological polar surface area (TPSA) is 87.2 Å². The van der Waals surface area contributed by atoms with E-state index in [0.29, 0.717) is 23.6 Å². The summed E-state index contributed by atoms with van der Waals surface area (Å²) in [6.07, 6.45) is 5.52. The standard InChI is InChI=1S/C29H37ClN2O5S/c1-6-8-9-14-37-28(36)22-21-15-18(4)29(38-21)23(22)26(34)32(19(5)16-33)25(29)27(35)31(13-7-2)24-17(3)11-10-12-20(24)30/h6-7,10-12,18-19,21-23,25,33H,1-2,8-9,13-16H2,3-5H3/t18?,19-,21+,22-,23+,25?,29?/m1/s1. The molecule has 206 valence electrons. The molecule has 7 nitrogen and oxygen atoms in total. The predicted molar refractivity (Wildman–Crippen MR) is 151 cm³/mol. The first-order valence-electron chi connectivity index (χ1n) is 13.2. The summed E-state index contributed by atoms with van der Waals surface area (Å²) in [6.45, 7) is 13.4. The van der Waals surface area contributed by atoms with Crippen LogP contribution in [-0.4, -0.2) is 69.6 Å². The number of halogens is 1. The third-order valence-corrected chi connectivity index (χ3v) is 10.6. The molecule has 1 aromatic rings. The Morgan fingerprint density at radius 2 is 2.11 bits per heavy atom. The summed E-state index contributed by atoms with van der Waals surface area (Å²) >= 11 is 8.18. The van der Waals surface area contributed by atoms with Crippen molar-refractivity contribution >= 4 is 46.8 Å². The van der Waals surface area contributed by atoms with Gasteiger partial charge in [-0.2, -0.15) is 0 Å². The molecule has 38 heavy (non-hydrogen) atoms. The molecule has 0 radical (unpaired) electrons. The summed E-state index contributed by atoms with van der Waals surface area (Å²) < 4.78 is 4.81. The lowest BCUT2D eigenvalue weighted by Gasteiger charge is -2.41. The van der Waals surface area contributed by atoms with Crippen LogP contribution in [0.3, 0.4) is 0 Å². The number of rotatable bonds is 11. The van der Waals surface area contributed by atoms with E-state index in [4.69, 9.17) is 16.3 Å². The minimum absolute atomic E-state index is 0.000896. The van der Waals surface area contributed by atoms with Crippen LogP contribution in [0, 0.1) is 24.7 Å². The number of ether oxygens (including phenoxy) is 1. The van der Waals surface area contributed by atoms with Gasteiger partial charge < -0.3 is 19.6 Å². The number of carbonyl (C=O) groups is 3. The second kappa shape index (κ2) is 11.4. The van der Waals surface area contributed by atoms with Crippen molar-refractivity contribution in [2.75, 3.05) is 24.7 Å². The molecule has 1 N–H and O–H groups in total. The quantitative estimate of drug-likeness (QED) is 0.245. The monoisotopic (exact) mass is 560 g/mol. The lowest BCUT2D eigenvalue weighted by atomic mass is 9.66. The number of aliphatic hydroxyl groups is 1. The first-order chi connectivity index (χ1) is 18.1. The number of hydrogen-bond acceptors (Lipinski definition) is 6. The Hall–Kier alpha value is -2.29. The SMILES string of the molecule is C=CCCCOC(=O)[C@@H]1[C@@H]2CC(C)C3(S2)C(C(=O)N(CC=C)c2c(C)cccc2Cl)N([C@H](C)CO)C(=O)[C@H]13. The molecule has 3 heterocycles. The van der Waals surface area contributed by atoms with E-state index < -0.39 is 28.7 Å². The number of amides is 2. The average Bonchev–Trinajstić information content (AvgIpc) is 3.48. The van der Waals surface area contributed by atoms with Gasteiger partial charge in [0.1, 0.15) is 6.04 Å². The molecule has 0 aliphatic carbocycles. The van der Waals surface area contributed by atoms with E-state index in [1.807, 2.05) is 19.1 Å². The van der Waals surface area contributed by atoms with Crippen LogP contribution < -0.4 is 4.90 Å². The number of esters is 1. The Morgan fingerprint density at radius 3 is 2.74 bits per heavy atom. The van der Waals surface area contributed by atoms with Crippen LogP contribution in [0.4, 0.5) is 5.69 Å². The highest BCUT2D eigenvalue weighted by Crippen LogP contribution is 2.69. The minimum atomic E-state index is -0.874. The Labute approximate surface area is 234 Å². The van der Waals surface area contributed by atoms with E-state index >= 15 is 0 Å². The first-order valence-corrected chi connectivity index (χ1v) is 14.5. The molecule has 9 heteroatoms. The number of aryl methyl sites for hydroxylation is 1. The van der Waals surface area contributed by atoms with E-state index in [1.165, 1.54) is 4.90 Å². The number of benzene rings is 1. The highest BCUT2D eigenvalue weighted by atomic mass is 35.5. The fourth-order valence-corrected chi connectivity index (χ4v) is 9.31. The number of aliphatic hydroxyl groups excluding tert-OH is 1. The van der Waals surface area contributed by atoms with Crippen molar-refractivity contribution in [1.82, 2.24) is 4.90 Å². The van der Waals surface area contributed by atoms with E-state index in [-0.39, 0.29) is 48.7 Å². The lowest BCUT2D eigenvalue weighted by Crippen LogP contribution is -2.59. The second-order valence-corrected chi connectivity index (χ2v) is 12.5. The van der Waals surface area contributed by atoms with Gasteiger partial charge in [-0.3, -0.25) is 14.4 Å². The predicted octanol–water partition coefficient (Wildman–Crippen LogP) is 4.39. The summed E-state index contributed by atoms with van der Waals surface area (Å²) in [5, 5.41) is 10.5. The van der Waals surface area contributed by atoms with Crippen molar-refractivity contribution in [1.29, 1.82) is 0 Å². The Kier molecular flexibility index (Phi) is 8.65. The van der Waals surface area contributed by atoms with Gasteiger partial charge in [0.2, 0.25) is 5.91 Å². The van der Waals surface area contributed by atoms with E-state index in [2.05, 4.69) is 20.1 Å². The number of para-hydroxylation sites is 1. The average molecular weight is 561 g/mol. The van der Waals surface area contributed by atoms with Gasteiger partial charge in [0, 0.05) is 11.8 Å². The maximum atomic E-state index is 14.6. The van der Waals surface area contributed by atoms with Gasteiger partial charge >= 0.3 is 5.97 Å². The van der Waals surface area contributed by atoms with Crippen molar-refractivity contribution in [3.63, 3.8) is 0 Å². The summed E-state index contributed by atoms with van der Waals surface area (Å²) in [5.74, 6) is -2.26. The minimum Gasteiger partial charge on any atom is -0.465 e. The Bertz CT molecular complexity index is 1110. The number of likely N-dealkylation sites (tertiary alicyclic amines) is 1. The molecule has 0 aromatic heterocycles. The summed E-state index contributed by atoms with van der Waals surface area (Å²) in [6, 6.07) is 3.97. The molecule has 1 aromatic carbocycles. The zero-order valence-corrected chi connectivity index (χ0v) is 23.8. The van der Waals surface area contributed by atoms with Gasteiger partial charge in [-0.05, 0) is 50.7 Å². The molecule has 3 aliphatic rings. The van der Waals surface area contributed by atoms with Gasteiger partial charge in [0.15, 0.2) is 0 Å². The summed E-state index contributed by atoms with van der Waals surface area (Å²) in [4.78, 5) is 45.2. The van der Waals surface area contributed by atoms with Crippen LogP contribution >= 0.6 is 23.4 Å². The molecule has 3 aliphatic heterocycles. The third-order valence-electron chi connectivity index (χ3n) is 8.26. The molecule has 4 rings (SSSR count). The molecular formula is C29H37ClN2O5S. The number of hydrogen-bond donors (Lipinski definition) is 1. The van der Waals surface area contributed by atoms with Crippen LogP contribution in [0.25, 0.3) is 0 Å². The molecule has 0 saturated carbocycles. The zero-order chi connectivity index (χ0) is 27.8. The van der Waals surface area contributed by atoms with Crippen molar-refractivity contribution < 1.29 is 24.2 Å². The Morgan fingerprint density at radius 1 is 1.37 bits per heavy atom. The van der Waals surface area contributed by atoms with Crippen molar-refractivity contribution in [2.45, 2.75) is 62.1 Å². The molecule has 7 atom stereocenters. The van der Waals surface area contributed by atoms with Crippen molar-refractivity contribution in [3.8, 4) is 0 Å². The maximum Gasteiger partial charge on any atom is 0.310 e. The highest BCUT2D eigenvalue weighted by molar-refractivity contribution is 8.02. The molecule has 3 fully saturated rings. The number of fused-ring (bicyclic) bond motifs is 1. The fraction of sp³-hybridized carbons (Fsp3) is 0.552. The van der Waals surface area contributed by atoms with Gasteiger partial charge in [-0.25, -0.2) is 0 Å². The van der Waals surface area contributed by atoms with Crippen LogP contribution in [-0.2, 0) is 19.1 Å². The molecule has 3 unspecified atom stereocenters. The highest BCUT2D eigenvalue weighted by Gasteiger charge is 2.77. The molecule has 2 amide bonds. The third kappa shape index (κ3) is 4.48. The summed E-state index contributed by atoms with van der Waals surface area (Å²) in [7, 11) is 0. The second-order valence-electron chi connectivity index (χ2n) is 10.6. The normalized spacial score (nSPS) is 30.2. The number of nitrogens with zero attached hydrogens (tertiary/aromatic N) is 2. The number of anilines is 1. The molecule has 2 bridgehead atoms. The number of unbranched alkanes of at least 4 members (excludes halogenated alkanes) is 1. The van der Waals surface area contributed by atoms with Gasteiger partial charge in [0.25, 0.3) is 5.91 Å². The number of thioether (sulfide) groups is 1. The van der Waals surface area contributed by atoms with E-state index in [9.17, 15) is 19.5 Å². The molecule has 3 saturated heterocycles. The zero-order valence-electron chi connectivity index (χ0n) is 22.3. The molecular weight excluding hydrogens is 524 g/mol. The van der Waals surface area contributed by atoms with Crippen LogP contribution in [0.2, 0.25) is 5.02 Å². The van der Waals surface area contributed by atoms with Crippen LogP contribution in [0.1, 0.15) is 38.7 Å². The Balaban J connectivity index is 1.78. The number of carbonyl (C=O) groups excluding carboxylic acids is 3. The first kappa shape index (κ1) is 28.7.